The molecule has 1 amide bonds. The van der Waals surface area contributed by atoms with Crippen LogP contribution in [0.25, 0.3) is 0 Å². The van der Waals surface area contributed by atoms with Crippen molar-refractivity contribution in [3.05, 3.63) is 29.8 Å². The summed E-state index contributed by atoms with van der Waals surface area (Å²) in [6, 6.07) is 7.85. The van der Waals surface area contributed by atoms with E-state index < -0.39 is 6.10 Å². The third-order valence-electron chi connectivity index (χ3n) is 2.76. The largest absolute Gasteiger partial charge is 0.494 e. The van der Waals surface area contributed by atoms with Crippen LogP contribution in [0.4, 0.5) is 0 Å². The fourth-order valence-corrected chi connectivity index (χ4v) is 1.81. The van der Waals surface area contributed by atoms with Crippen molar-refractivity contribution in [2.24, 2.45) is 0 Å². The lowest BCUT2D eigenvalue weighted by Crippen LogP contribution is -2.33. The van der Waals surface area contributed by atoms with Crippen LogP contribution in [-0.2, 0) is 4.79 Å². The summed E-state index contributed by atoms with van der Waals surface area (Å²) < 4.78 is 5.58. The van der Waals surface area contributed by atoms with Crippen LogP contribution in [-0.4, -0.2) is 42.2 Å². The summed E-state index contributed by atoms with van der Waals surface area (Å²) in [5.41, 5.74) is 1.16. The van der Waals surface area contributed by atoms with Gasteiger partial charge in [-0.1, -0.05) is 12.1 Å². The minimum atomic E-state index is -0.488. The Morgan fingerprint density at radius 1 is 1.47 bits per heavy atom. The van der Waals surface area contributed by atoms with Crippen LogP contribution in [0.1, 0.15) is 25.3 Å². The Kier molecular flexibility index (Phi) is 6.36. The van der Waals surface area contributed by atoms with E-state index in [0.717, 1.165) is 11.3 Å². The first-order valence-corrected chi connectivity index (χ1v) is 6.60. The van der Waals surface area contributed by atoms with Gasteiger partial charge in [-0.05, 0) is 38.0 Å². The minimum Gasteiger partial charge on any atom is -0.494 e. The number of amides is 1. The highest BCUT2D eigenvalue weighted by Gasteiger charge is 2.10. The monoisotopic (exact) mass is 265 g/mol. The molecular formula is C15H23NO3. The number of likely N-dealkylation sites (N-methyl/N-ethyl adjacent to an activating group) is 1. The van der Waals surface area contributed by atoms with Gasteiger partial charge in [-0.3, -0.25) is 4.79 Å². The second-order valence-electron chi connectivity index (χ2n) is 4.89. The van der Waals surface area contributed by atoms with E-state index in [1.807, 2.05) is 31.2 Å². The quantitative estimate of drug-likeness (QED) is 0.767. The molecule has 0 spiro atoms. The van der Waals surface area contributed by atoms with Gasteiger partial charge in [0.25, 0.3) is 0 Å². The summed E-state index contributed by atoms with van der Waals surface area (Å²) in [6.45, 7) is 4.58. The molecule has 1 unspecified atom stereocenters. The Balaban J connectivity index is 2.22. The lowest BCUT2D eigenvalue weighted by Gasteiger charge is -2.18. The van der Waals surface area contributed by atoms with Gasteiger partial charge in [0.2, 0.25) is 5.91 Å². The number of aliphatic hydroxyl groups is 1. The number of nitrogens with zero attached hydrogens (tertiary/aromatic N) is 1. The van der Waals surface area contributed by atoms with Gasteiger partial charge in [0.1, 0.15) is 5.75 Å². The molecule has 0 fully saturated rings. The maximum absolute atomic E-state index is 11.7. The zero-order chi connectivity index (χ0) is 14.3. The number of ether oxygens (including phenoxy) is 1. The zero-order valence-electron chi connectivity index (χ0n) is 11.9. The van der Waals surface area contributed by atoms with Crippen LogP contribution >= 0.6 is 0 Å². The molecule has 1 aromatic carbocycles. The van der Waals surface area contributed by atoms with Crippen LogP contribution in [0.15, 0.2) is 24.3 Å². The van der Waals surface area contributed by atoms with Crippen LogP contribution in [0.3, 0.4) is 0 Å². The van der Waals surface area contributed by atoms with Gasteiger partial charge < -0.3 is 14.7 Å². The van der Waals surface area contributed by atoms with Crippen molar-refractivity contribution in [3.63, 3.8) is 0 Å². The second-order valence-corrected chi connectivity index (χ2v) is 4.89. The van der Waals surface area contributed by atoms with E-state index in [4.69, 9.17) is 4.74 Å². The molecule has 1 atom stereocenters. The van der Waals surface area contributed by atoms with Crippen LogP contribution in [0.5, 0.6) is 5.75 Å². The van der Waals surface area contributed by atoms with E-state index in [-0.39, 0.29) is 5.91 Å². The zero-order valence-corrected chi connectivity index (χ0v) is 11.9. The molecule has 0 aliphatic rings. The summed E-state index contributed by atoms with van der Waals surface area (Å²) in [6.07, 6.45) is 0.629. The van der Waals surface area contributed by atoms with Gasteiger partial charge in [-0.15, -0.1) is 0 Å². The van der Waals surface area contributed by atoms with Crippen molar-refractivity contribution < 1.29 is 14.6 Å². The third-order valence-corrected chi connectivity index (χ3v) is 2.76. The maximum Gasteiger partial charge on any atom is 0.222 e. The predicted octanol–water partition coefficient (Wildman–Crippen LogP) is 1.99. The van der Waals surface area contributed by atoms with E-state index in [1.165, 1.54) is 0 Å². The number of carbonyl (C=O) groups is 1. The standard InChI is InChI=1S/C15H23NO3/c1-12-6-4-7-14(10-12)19-9-5-8-15(18)16(3)11-13(2)17/h4,6-7,10,13,17H,5,8-9,11H2,1-3H3. The molecule has 4 nitrogen and oxygen atoms in total. The van der Waals surface area contributed by atoms with Crippen molar-refractivity contribution in [1.82, 2.24) is 4.90 Å². The number of rotatable bonds is 7. The molecule has 0 aromatic heterocycles. The first-order valence-electron chi connectivity index (χ1n) is 6.60. The van der Waals surface area contributed by atoms with Gasteiger partial charge in [0.05, 0.1) is 12.7 Å². The summed E-state index contributed by atoms with van der Waals surface area (Å²) in [4.78, 5) is 13.3. The van der Waals surface area contributed by atoms with Gasteiger partial charge in [0, 0.05) is 20.0 Å². The van der Waals surface area contributed by atoms with Gasteiger partial charge in [0.15, 0.2) is 0 Å². The Bertz CT molecular complexity index is 404. The van der Waals surface area contributed by atoms with E-state index in [2.05, 4.69) is 0 Å². The molecule has 1 N–H and O–H groups in total. The van der Waals surface area contributed by atoms with E-state index >= 15 is 0 Å². The summed E-state index contributed by atoms with van der Waals surface area (Å²) in [5.74, 6) is 0.874. The molecule has 0 aliphatic heterocycles. The van der Waals surface area contributed by atoms with Gasteiger partial charge >= 0.3 is 0 Å². The van der Waals surface area contributed by atoms with E-state index in [0.29, 0.717) is 26.0 Å². The fourth-order valence-electron chi connectivity index (χ4n) is 1.81. The molecule has 0 bridgehead atoms. The van der Waals surface area contributed by atoms with Crippen molar-refractivity contribution in [2.45, 2.75) is 32.8 Å². The van der Waals surface area contributed by atoms with Crippen molar-refractivity contribution in [1.29, 1.82) is 0 Å². The topological polar surface area (TPSA) is 49.8 Å². The van der Waals surface area contributed by atoms with E-state index in [1.54, 1.807) is 18.9 Å². The molecule has 1 aromatic rings. The average molecular weight is 265 g/mol. The first-order chi connectivity index (χ1) is 8.99. The van der Waals surface area contributed by atoms with E-state index in [9.17, 15) is 9.90 Å². The van der Waals surface area contributed by atoms with Crippen molar-refractivity contribution in [3.8, 4) is 5.75 Å². The number of hydrogen-bond donors (Lipinski definition) is 1. The molecule has 0 saturated heterocycles. The molecule has 0 saturated carbocycles. The predicted molar refractivity (Wildman–Crippen MR) is 75.2 cm³/mol. The van der Waals surface area contributed by atoms with Crippen LogP contribution in [0.2, 0.25) is 0 Å². The van der Waals surface area contributed by atoms with Crippen LogP contribution < -0.4 is 4.74 Å². The smallest absolute Gasteiger partial charge is 0.222 e. The minimum absolute atomic E-state index is 0.0359. The Hall–Kier alpha value is -1.55. The molecular weight excluding hydrogens is 242 g/mol. The molecule has 106 valence electrons. The lowest BCUT2D eigenvalue weighted by atomic mass is 10.2. The third kappa shape index (κ3) is 6.25. The number of aryl methyl sites for hydroxylation is 1. The highest BCUT2D eigenvalue weighted by atomic mass is 16.5. The van der Waals surface area contributed by atoms with Crippen molar-refractivity contribution in [2.75, 3.05) is 20.2 Å². The SMILES string of the molecule is Cc1cccc(OCCCC(=O)N(C)CC(C)O)c1. The van der Waals surface area contributed by atoms with Gasteiger partial charge in [-0.2, -0.15) is 0 Å². The fraction of sp³-hybridized carbons (Fsp3) is 0.533. The highest BCUT2D eigenvalue weighted by molar-refractivity contribution is 5.75. The number of carbonyl (C=O) groups excluding carboxylic acids is 1. The Morgan fingerprint density at radius 3 is 2.84 bits per heavy atom. The van der Waals surface area contributed by atoms with Crippen LogP contribution in [0, 0.1) is 6.92 Å². The highest BCUT2D eigenvalue weighted by Crippen LogP contribution is 2.12. The summed E-state index contributed by atoms with van der Waals surface area (Å²) in [5, 5.41) is 9.20. The first kappa shape index (κ1) is 15.5. The lowest BCUT2D eigenvalue weighted by molar-refractivity contribution is -0.131. The number of aliphatic hydroxyl groups excluding tert-OH is 1. The number of benzene rings is 1. The second kappa shape index (κ2) is 7.79. The summed E-state index contributed by atoms with van der Waals surface area (Å²) in [7, 11) is 1.70. The Morgan fingerprint density at radius 2 is 2.21 bits per heavy atom. The molecule has 0 heterocycles. The van der Waals surface area contributed by atoms with Crippen molar-refractivity contribution >= 4 is 5.91 Å². The normalized spacial score (nSPS) is 12.0. The molecule has 4 heteroatoms. The Labute approximate surface area is 115 Å². The number of hydrogen-bond acceptors (Lipinski definition) is 3. The molecule has 1 rings (SSSR count). The van der Waals surface area contributed by atoms with Gasteiger partial charge in [-0.25, -0.2) is 0 Å². The maximum atomic E-state index is 11.7. The summed E-state index contributed by atoms with van der Waals surface area (Å²) >= 11 is 0. The molecule has 0 aliphatic carbocycles. The molecule has 0 radical (unpaired) electrons. The average Bonchev–Trinajstić information content (AvgIpc) is 2.33. The molecule has 19 heavy (non-hydrogen) atoms.